The number of hydrogen-bond donors (Lipinski definition) is 1. The van der Waals surface area contributed by atoms with E-state index in [0.29, 0.717) is 33.7 Å². The molecular weight excluding hydrogens is 529 g/mol. The van der Waals surface area contributed by atoms with E-state index in [1.807, 2.05) is 13.0 Å². The van der Waals surface area contributed by atoms with Gasteiger partial charge in [-0.05, 0) is 54.5 Å². The first-order chi connectivity index (χ1) is 17.2. The lowest BCUT2D eigenvalue weighted by Crippen LogP contribution is -2.14. The van der Waals surface area contributed by atoms with Gasteiger partial charge in [-0.15, -0.1) is 0 Å². The first-order valence-electron chi connectivity index (χ1n) is 10.4. The van der Waals surface area contributed by atoms with Crippen molar-refractivity contribution in [2.24, 2.45) is 0 Å². The predicted octanol–water partition coefficient (Wildman–Crippen LogP) is 7.08. The molecule has 3 rings (SSSR count). The van der Waals surface area contributed by atoms with E-state index < -0.39 is 10.8 Å². The minimum atomic E-state index is -0.780. The number of ether oxygens (including phenoxy) is 2. The van der Waals surface area contributed by atoms with Gasteiger partial charge in [-0.3, -0.25) is 14.9 Å². The Labute approximate surface area is 221 Å². The maximum atomic E-state index is 12.7. The number of halogens is 3. The number of anilines is 1. The fraction of sp³-hybridized carbons (Fsp3) is 0.120. The van der Waals surface area contributed by atoms with Crippen molar-refractivity contribution in [2.75, 3.05) is 11.9 Å². The summed E-state index contributed by atoms with van der Waals surface area (Å²) in [4.78, 5) is 23.0. The molecule has 0 atom stereocenters. The first-order valence-corrected chi connectivity index (χ1v) is 11.6. The average molecular weight is 547 g/mol. The quantitative estimate of drug-likeness (QED) is 0.133. The number of hydrogen-bond acceptors (Lipinski definition) is 6. The molecule has 0 bridgehead atoms. The highest BCUT2D eigenvalue weighted by molar-refractivity contribution is 6.42. The smallest absolute Gasteiger partial charge is 0.271 e. The van der Waals surface area contributed by atoms with Crippen molar-refractivity contribution < 1.29 is 19.2 Å². The molecule has 0 saturated heterocycles. The zero-order chi connectivity index (χ0) is 26.2. The summed E-state index contributed by atoms with van der Waals surface area (Å²) in [7, 11) is 0. The Morgan fingerprint density at radius 2 is 1.78 bits per heavy atom. The molecule has 184 valence electrons. The largest absolute Gasteiger partial charge is 0.490 e. The number of nitro groups is 1. The fourth-order valence-electron chi connectivity index (χ4n) is 3.02. The number of rotatable bonds is 9. The van der Waals surface area contributed by atoms with Crippen LogP contribution in [0.3, 0.4) is 0 Å². The van der Waals surface area contributed by atoms with Gasteiger partial charge in [-0.2, -0.15) is 5.26 Å². The predicted molar refractivity (Wildman–Crippen MR) is 139 cm³/mol. The molecule has 0 heterocycles. The second-order valence-electron chi connectivity index (χ2n) is 7.22. The van der Waals surface area contributed by atoms with E-state index in [-0.39, 0.29) is 28.6 Å². The van der Waals surface area contributed by atoms with Crippen LogP contribution in [0.15, 0.2) is 60.2 Å². The fourth-order valence-corrected chi connectivity index (χ4v) is 3.51. The van der Waals surface area contributed by atoms with Crippen molar-refractivity contribution in [3.05, 3.63) is 96.5 Å². The SMILES string of the molecule is CCOc1cc(/C=C(\C#N)C(=O)Nc2cc([N+](=O)[O-])ccc2Cl)ccc1OCc1ccc(Cl)c(Cl)c1. The third-order valence-corrected chi connectivity index (χ3v) is 5.80. The summed E-state index contributed by atoms with van der Waals surface area (Å²) in [6.07, 6.45) is 1.35. The molecule has 36 heavy (non-hydrogen) atoms. The monoisotopic (exact) mass is 545 g/mol. The summed E-state index contributed by atoms with van der Waals surface area (Å²) in [5, 5.41) is 23.9. The van der Waals surface area contributed by atoms with Crippen molar-refractivity contribution in [1.29, 1.82) is 5.26 Å². The molecule has 1 N–H and O–H groups in total. The molecule has 3 aromatic carbocycles. The maximum Gasteiger partial charge on any atom is 0.271 e. The number of nitrogens with zero attached hydrogens (tertiary/aromatic N) is 2. The standard InChI is InChI=1S/C25H18Cl3N3O5/c1-2-35-24-11-15(4-8-23(24)36-14-16-3-6-19(26)21(28)10-16)9-17(13-29)25(32)30-22-12-18(31(33)34)5-7-20(22)27/h3-12H,2,14H2,1H3,(H,30,32)/b17-9+. The van der Waals surface area contributed by atoms with Crippen LogP contribution < -0.4 is 14.8 Å². The number of carbonyl (C=O) groups is 1. The summed E-state index contributed by atoms with van der Waals surface area (Å²) in [5.74, 6) is 0.0787. The topological polar surface area (TPSA) is 114 Å². The van der Waals surface area contributed by atoms with Gasteiger partial charge in [0.2, 0.25) is 0 Å². The molecule has 0 aromatic heterocycles. The lowest BCUT2D eigenvalue weighted by atomic mass is 10.1. The van der Waals surface area contributed by atoms with E-state index in [9.17, 15) is 20.2 Å². The van der Waals surface area contributed by atoms with Gasteiger partial charge in [-0.25, -0.2) is 0 Å². The van der Waals surface area contributed by atoms with Crippen LogP contribution in [0.1, 0.15) is 18.1 Å². The van der Waals surface area contributed by atoms with Crippen molar-refractivity contribution in [3.8, 4) is 17.6 Å². The van der Waals surface area contributed by atoms with Crippen LogP contribution in [0.25, 0.3) is 6.08 Å². The summed E-state index contributed by atoms with van der Waals surface area (Å²) in [6.45, 7) is 2.37. The van der Waals surface area contributed by atoms with Crippen LogP contribution in [0.2, 0.25) is 15.1 Å². The van der Waals surface area contributed by atoms with Gasteiger partial charge in [0.1, 0.15) is 18.2 Å². The van der Waals surface area contributed by atoms with E-state index in [0.717, 1.165) is 11.6 Å². The van der Waals surface area contributed by atoms with Crippen LogP contribution in [0, 0.1) is 21.4 Å². The molecule has 1 amide bonds. The minimum absolute atomic E-state index is 0.0121. The van der Waals surface area contributed by atoms with Gasteiger partial charge >= 0.3 is 0 Å². The van der Waals surface area contributed by atoms with Gasteiger partial charge in [0.05, 0.1) is 32.3 Å². The van der Waals surface area contributed by atoms with Crippen molar-refractivity contribution >= 4 is 58.2 Å². The van der Waals surface area contributed by atoms with Gasteiger partial charge in [0.25, 0.3) is 11.6 Å². The Morgan fingerprint density at radius 1 is 1.03 bits per heavy atom. The molecule has 0 fully saturated rings. The number of non-ortho nitro benzene ring substituents is 1. The second-order valence-corrected chi connectivity index (χ2v) is 8.44. The Kier molecular flexibility index (Phi) is 9.14. The number of amides is 1. The zero-order valence-corrected chi connectivity index (χ0v) is 21.0. The summed E-state index contributed by atoms with van der Waals surface area (Å²) >= 11 is 18.0. The summed E-state index contributed by atoms with van der Waals surface area (Å²) < 4.78 is 11.5. The molecule has 0 spiro atoms. The van der Waals surface area contributed by atoms with Crippen LogP contribution in [0.4, 0.5) is 11.4 Å². The molecule has 0 aliphatic rings. The molecule has 8 nitrogen and oxygen atoms in total. The highest BCUT2D eigenvalue weighted by atomic mass is 35.5. The van der Waals surface area contributed by atoms with Gasteiger partial charge in [0.15, 0.2) is 11.5 Å². The van der Waals surface area contributed by atoms with Gasteiger partial charge in [0, 0.05) is 12.1 Å². The number of nitrogens with one attached hydrogen (secondary N) is 1. The van der Waals surface area contributed by atoms with Gasteiger partial charge in [-0.1, -0.05) is 46.9 Å². The van der Waals surface area contributed by atoms with Crippen LogP contribution in [-0.4, -0.2) is 17.4 Å². The van der Waals surface area contributed by atoms with E-state index in [2.05, 4.69) is 5.32 Å². The van der Waals surface area contributed by atoms with E-state index in [4.69, 9.17) is 44.3 Å². The van der Waals surface area contributed by atoms with E-state index in [1.165, 1.54) is 18.2 Å². The Hall–Kier alpha value is -3.77. The van der Waals surface area contributed by atoms with E-state index >= 15 is 0 Å². The van der Waals surface area contributed by atoms with Gasteiger partial charge < -0.3 is 14.8 Å². The first kappa shape index (κ1) is 26.8. The molecule has 11 heteroatoms. The van der Waals surface area contributed by atoms with E-state index in [1.54, 1.807) is 36.4 Å². The minimum Gasteiger partial charge on any atom is -0.490 e. The second kappa shape index (κ2) is 12.3. The molecule has 0 saturated carbocycles. The van der Waals surface area contributed by atoms with Crippen LogP contribution >= 0.6 is 34.8 Å². The van der Waals surface area contributed by atoms with Crippen LogP contribution in [0.5, 0.6) is 11.5 Å². The molecule has 0 radical (unpaired) electrons. The number of nitriles is 1. The highest BCUT2D eigenvalue weighted by Crippen LogP contribution is 2.31. The van der Waals surface area contributed by atoms with Crippen molar-refractivity contribution in [1.82, 2.24) is 0 Å². The third-order valence-electron chi connectivity index (χ3n) is 4.73. The normalized spacial score (nSPS) is 10.9. The van der Waals surface area contributed by atoms with Crippen molar-refractivity contribution in [2.45, 2.75) is 13.5 Å². The highest BCUT2D eigenvalue weighted by Gasteiger charge is 2.16. The third kappa shape index (κ3) is 6.89. The Balaban J connectivity index is 1.81. The molecule has 0 aliphatic carbocycles. The number of carbonyl (C=O) groups excluding carboxylic acids is 1. The Morgan fingerprint density at radius 3 is 2.44 bits per heavy atom. The summed E-state index contributed by atoms with van der Waals surface area (Å²) in [6, 6.07) is 15.5. The molecule has 0 aliphatic heterocycles. The zero-order valence-electron chi connectivity index (χ0n) is 18.8. The molecule has 0 unspecified atom stereocenters. The Bertz CT molecular complexity index is 1390. The average Bonchev–Trinajstić information content (AvgIpc) is 2.85. The molecular formula is C25H18Cl3N3O5. The lowest BCUT2D eigenvalue weighted by molar-refractivity contribution is -0.384. The number of benzene rings is 3. The maximum absolute atomic E-state index is 12.7. The van der Waals surface area contributed by atoms with Crippen molar-refractivity contribution in [3.63, 3.8) is 0 Å². The molecule has 3 aromatic rings. The lowest BCUT2D eigenvalue weighted by Gasteiger charge is -2.13. The van der Waals surface area contributed by atoms with Crippen LogP contribution in [-0.2, 0) is 11.4 Å². The number of nitro benzene ring substituents is 1. The summed E-state index contributed by atoms with van der Waals surface area (Å²) in [5.41, 5.74) is 0.814.